The molecule has 7 heteroatoms. The van der Waals surface area contributed by atoms with Crippen molar-refractivity contribution in [2.75, 3.05) is 19.6 Å². The summed E-state index contributed by atoms with van der Waals surface area (Å²) in [6.45, 7) is 5.06. The van der Waals surface area contributed by atoms with Gasteiger partial charge < -0.3 is 16.0 Å². The number of hydrogen-bond acceptors (Lipinski definition) is 5. The van der Waals surface area contributed by atoms with Crippen LogP contribution in [-0.4, -0.2) is 41.3 Å². The smallest absolute Gasteiger partial charge is 0.273 e. The number of hydrogen-bond donors (Lipinski definition) is 2. The fourth-order valence-corrected chi connectivity index (χ4v) is 2.07. The molecule has 0 saturated heterocycles. The summed E-state index contributed by atoms with van der Waals surface area (Å²) in [6.07, 6.45) is 0. The highest BCUT2D eigenvalue weighted by molar-refractivity contribution is 7.09. The van der Waals surface area contributed by atoms with Crippen molar-refractivity contribution in [3.8, 4) is 0 Å². The minimum Gasteiger partial charge on any atom is -0.355 e. The molecule has 18 heavy (non-hydrogen) atoms. The van der Waals surface area contributed by atoms with Crippen molar-refractivity contribution >= 4 is 23.2 Å². The zero-order valence-corrected chi connectivity index (χ0v) is 11.4. The van der Waals surface area contributed by atoms with Gasteiger partial charge in [0.05, 0.1) is 6.54 Å². The van der Waals surface area contributed by atoms with Crippen LogP contribution in [0, 0.1) is 0 Å². The van der Waals surface area contributed by atoms with Crippen LogP contribution in [0.1, 0.15) is 29.3 Å². The van der Waals surface area contributed by atoms with Crippen LogP contribution in [0.3, 0.4) is 0 Å². The Morgan fingerprint density at radius 3 is 2.72 bits per heavy atom. The highest BCUT2D eigenvalue weighted by Gasteiger charge is 2.19. The maximum atomic E-state index is 12.1. The summed E-state index contributed by atoms with van der Waals surface area (Å²) in [6, 6.07) is 0. The predicted octanol–water partition coefficient (Wildman–Crippen LogP) is 0.200. The van der Waals surface area contributed by atoms with Crippen molar-refractivity contribution in [3.05, 3.63) is 16.1 Å². The minimum atomic E-state index is -0.236. The van der Waals surface area contributed by atoms with Crippen LogP contribution in [0.4, 0.5) is 0 Å². The molecule has 0 saturated carbocycles. The van der Waals surface area contributed by atoms with E-state index in [1.165, 1.54) is 16.2 Å². The lowest BCUT2D eigenvalue weighted by molar-refractivity contribution is -0.121. The summed E-state index contributed by atoms with van der Waals surface area (Å²) in [5.41, 5.74) is 5.80. The minimum absolute atomic E-state index is 0.0542. The molecule has 100 valence electrons. The van der Waals surface area contributed by atoms with Gasteiger partial charge in [-0.1, -0.05) is 0 Å². The van der Waals surface area contributed by atoms with Gasteiger partial charge in [0.2, 0.25) is 5.91 Å². The molecule has 0 aliphatic heterocycles. The number of carbonyl (C=O) groups excluding carboxylic acids is 2. The van der Waals surface area contributed by atoms with E-state index in [-0.39, 0.29) is 18.4 Å². The molecular weight excluding hydrogens is 252 g/mol. The van der Waals surface area contributed by atoms with Gasteiger partial charge in [0, 0.05) is 25.0 Å². The second-order valence-electron chi connectivity index (χ2n) is 3.60. The quantitative estimate of drug-likeness (QED) is 0.773. The van der Waals surface area contributed by atoms with Crippen LogP contribution >= 0.6 is 11.3 Å². The van der Waals surface area contributed by atoms with Gasteiger partial charge in [0.15, 0.2) is 0 Å². The summed E-state index contributed by atoms with van der Waals surface area (Å²) in [5.74, 6) is -0.401. The van der Waals surface area contributed by atoms with Gasteiger partial charge in [-0.15, -0.1) is 11.3 Å². The van der Waals surface area contributed by atoms with E-state index in [4.69, 9.17) is 5.73 Å². The normalized spacial score (nSPS) is 10.2. The molecule has 3 N–H and O–H groups in total. The third kappa shape index (κ3) is 3.78. The third-order valence-electron chi connectivity index (χ3n) is 2.32. The van der Waals surface area contributed by atoms with E-state index in [0.29, 0.717) is 30.3 Å². The number of nitrogens with one attached hydrogen (secondary N) is 1. The van der Waals surface area contributed by atoms with E-state index >= 15 is 0 Å². The van der Waals surface area contributed by atoms with Crippen LogP contribution in [0.15, 0.2) is 5.38 Å². The van der Waals surface area contributed by atoms with Gasteiger partial charge in [-0.25, -0.2) is 4.98 Å². The molecular formula is C11H18N4O2S. The summed E-state index contributed by atoms with van der Waals surface area (Å²) in [7, 11) is 0. The lowest BCUT2D eigenvalue weighted by atomic mass is 10.3. The molecule has 1 heterocycles. The number of aromatic nitrogens is 1. The summed E-state index contributed by atoms with van der Waals surface area (Å²) in [5, 5.41) is 5.05. The van der Waals surface area contributed by atoms with Crippen LogP contribution in [0.5, 0.6) is 0 Å². The van der Waals surface area contributed by atoms with Crippen molar-refractivity contribution in [1.82, 2.24) is 15.2 Å². The first-order valence-electron chi connectivity index (χ1n) is 5.82. The number of carbonyl (C=O) groups is 2. The Morgan fingerprint density at radius 1 is 1.50 bits per heavy atom. The topological polar surface area (TPSA) is 88.3 Å². The predicted molar refractivity (Wildman–Crippen MR) is 70.3 cm³/mol. The molecule has 0 spiro atoms. The van der Waals surface area contributed by atoms with Crippen molar-refractivity contribution < 1.29 is 9.59 Å². The number of nitrogens with two attached hydrogens (primary N) is 1. The van der Waals surface area contributed by atoms with Crippen molar-refractivity contribution in [1.29, 1.82) is 0 Å². The monoisotopic (exact) mass is 270 g/mol. The molecule has 0 radical (unpaired) electrons. The van der Waals surface area contributed by atoms with E-state index < -0.39 is 0 Å². The molecule has 0 fully saturated rings. The Kier molecular flexibility index (Phi) is 5.73. The molecule has 2 amide bonds. The Hall–Kier alpha value is -1.47. The number of nitrogens with zero attached hydrogens (tertiary/aromatic N) is 2. The van der Waals surface area contributed by atoms with E-state index in [1.54, 1.807) is 5.38 Å². The number of thiazole rings is 1. The van der Waals surface area contributed by atoms with E-state index in [1.807, 2.05) is 13.8 Å². The molecule has 1 aromatic heterocycles. The van der Waals surface area contributed by atoms with Crippen LogP contribution in [-0.2, 0) is 11.3 Å². The highest BCUT2D eigenvalue weighted by atomic mass is 32.1. The number of rotatable bonds is 6. The zero-order valence-electron chi connectivity index (χ0n) is 10.6. The highest BCUT2D eigenvalue weighted by Crippen LogP contribution is 2.11. The molecule has 1 rings (SSSR count). The van der Waals surface area contributed by atoms with Crippen LogP contribution in [0.25, 0.3) is 0 Å². The molecule has 1 aromatic rings. The Labute approximate surface area is 110 Å². The molecule has 0 bridgehead atoms. The first kappa shape index (κ1) is 14.6. The third-order valence-corrected chi connectivity index (χ3v) is 3.19. The molecule has 6 nitrogen and oxygen atoms in total. The summed E-state index contributed by atoms with van der Waals surface area (Å²) >= 11 is 1.35. The largest absolute Gasteiger partial charge is 0.355 e. The van der Waals surface area contributed by atoms with Gasteiger partial charge in [0.25, 0.3) is 5.91 Å². The van der Waals surface area contributed by atoms with Gasteiger partial charge in [-0.3, -0.25) is 9.59 Å². The molecule has 0 atom stereocenters. The van der Waals surface area contributed by atoms with E-state index in [9.17, 15) is 9.59 Å². The lowest BCUT2D eigenvalue weighted by Gasteiger charge is -2.18. The SMILES string of the molecule is CCNC(=O)CN(CC)C(=O)c1csc(CN)n1. The van der Waals surface area contributed by atoms with Gasteiger partial charge in [-0.2, -0.15) is 0 Å². The maximum Gasteiger partial charge on any atom is 0.273 e. The van der Waals surface area contributed by atoms with E-state index in [2.05, 4.69) is 10.3 Å². The van der Waals surface area contributed by atoms with Crippen LogP contribution in [0.2, 0.25) is 0 Å². The van der Waals surface area contributed by atoms with Crippen molar-refractivity contribution in [2.45, 2.75) is 20.4 Å². The van der Waals surface area contributed by atoms with Gasteiger partial charge >= 0.3 is 0 Å². The molecule has 0 aliphatic rings. The second-order valence-corrected chi connectivity index (χ2v) is 4.55. The fraction of sp³-hybridized carbons (Fsp3) is 0.545. The Bertz CT molecular complexity index is 419. The average Bonchev–Trinajstić information content (AvgIpc) is 2.84. The summed E-state index contributed by atoms with van der Waals surface area (Å²) in [4.78, 5) is 29.1. The van der Waals surface area contributed by atoms with Crippen molar-refractivity contribution in [2.24, 2.45) is 5.73 Å². The summed E-state index contributed by atoms with van der Waals surface area (Å²) < 4.78 is 0. The first-order valence-corrected chi connectivity index (χ1v) is 6.70. The second kappa shape index (κ2) is 7.07. The molecule has 0 unspecified atom stereocenters. The standard InChI is InChI=1S/C11H18N4O2S/c1-3-13-9(16)6-15(4-2)11(17)8-7-18-10(5-12)14-8/h7H,3-6,12H2,1-2H3,(H,13,16). The average molecular weight is 270 g/mol. The Morgan fingerprint density at radius 2 is 2.22 bits per heavy atom. The first-order chi connectivity index (χ1) is 8.62. The Balaban J connectivity index is 2.69. The molecule has 0 aromatic carbocycles. The lowest BCUT2D eigenvalue weighted by Crippen LogP contribution is -2.40. The van der Waals surface area contributed by atoms with Gasteiger partial charge in [-0.05, 0) is 13.8 Å². The van der Waals surface area contributed by atoms with Crippen molar-refractivity contribution in [3.63, 3.8) is 0 Å². The van der Waals surface area contributed by atoms with E-state index in [0.717, 1.165) is 0 Å². The fourth-order valence-electron chi connectivity index (χ4n) is 1.42. The zero-order chi connectivity index (χ0) is 13.5. The molecule has 0 aliphatic carbocycles. The van der Waals surface area contributed by atoms with Crippen LogP contribution < -0.4 is 11.1 Å². The maximum absolute atomic E-state index is 12.1. The van der Waals surface area contributed by atoms with Gasteiger partial charge in [0.1, 0.15) is 10.7 Å². The number of likely N-dealkylation sites (N-methyl/N-ethyl adjacent to an activating group) is 2. The number of amides is 2.